The van der Waals surface area contributed by atoms with Crippen molar-refractivity contribution in [3.8, 4) is 0 Å². The Labute approximate surface area is 173 Å². The van der Waals surface area contributed by atoms with Crippen molar-refractivity contribution in [1.82, 2.24) is 0 Å². The van der Waals surface area contributed by atoms with Gasteiger partial charge < -0.3 is 4.90 Å². The average molecular weight is 391 g/mol. The number of nitrogens with zero attached hydrogens (tertiary/aromatic N) is 2. The standard InChI is InChI=1S/C26H18N2S/c1-28-22-14-5-2-10-19(22)25(27-21-13-4-6-15-23(21)28)20-12-8-11-18-17-9-3-7-16-24(17)29-26(18)20/h2-16H,1H3. The molecule has 0 saturated heterocycles. The summed E-state index contributed by atoms with van der Waals surface area (Å²) in [5.74, 6) is 0. The zero-order valence-corrected chi connectivity index (χ0v) is 16.8. The third kappa shape index (κ3) is 2.44. The minimum atomic E-state index is 0.999. The lowest BCUT2D eigenvalue weighted by atomic mass is 9.98. The van der Waals surface area contributed by atoms with Crippen LogP contribution in [0.2, 0.25) is 0 Å². The van der Waals surface area contributed by atoms with Gasteiger partial charge in [-0.25, -0.2) is 4.99 Å². The molecule has 3 heteroatoms. The first-order chi connectivity index (χ1) is 14.3. The molecule has 0 aliphatic carbocycles. The van der Waals surface area contributed by atoms with Crippen LogP contribution in [0, 0.1) is 0 Å². The van der Waals surface area contributed by atoms with Gasteiger partial charge in [0.1, 0.15) is 0 Å². The lowest BCUT2D eigenvalue weighted by Crippen LogP contribution is -2.12. The first-order valence-corrected chi connectivity index (χ1v) is 10.5. The fourth-order valence-corrected chi connectivity index (χ4v) is 5.48. The number of fused-ring (bicyclic) bond motifs is 5. The van der Waals surface area contributed by atoms with Gasteiger partial charge >= 0.3 is 0 Å². The Morgan fingerprint density at radius 2 is 1.34 bits per heavy atom. The molecule has 2 nitrogen and oxygen atoms in total. The van der Waals surface area contributed by atoms with Crippen LogP contribution in [0.15, 0.2) is 96.0 Å². The van der Waals surface area contributed by atoms with Crippen LogP contribution >= 0.6 is 11.3 Å². The second-order valence-corrected chi connectivity index (χ2v) is 8.36. The van der Waals surface area contributed by atoms with Gasteiger partial charge in [-0.1, -0.05) is 66.7 Å². The van der Waals surface area contributed by atoms with E-state index in [0.29, 0.717) is 0 Å². The Morgan fingerprint density at radius 1 is 0.655 bits per heavy atom. The summed E-state index contributed by atoms with van der Waals surface area (Å²) in [7, 11) is 2.12. The number of hydrogen-bond donors (Lipinski definition) is 0. The molecular weight excluding hydrogens is 372 g/mol. The van der Waals surface area contributed by atoms with E-state index < -0.39 is 0 Å². The van der Waals surface area contributed by atoms with E-state index in [-0.39, 0.29) is 0 Å². The first-order valence-electron chi connectivity index (χ1n) is 9.73. The number of para-hydroxylation sites is 3. The average Bonchev–Trinajstić information content (AvgIpc) is 3.11. The minimum absolute atomic E-state index is 0.999. The molecule has 0 radical (unpaired) electrons. The van der Waals surface area contributed by atoms with Crippen LogP contribution in [-0.2, 0) is 0 Å². The molecule has 138 valence electrons. The molecule has 1 aliphatic rings. The molecule has 29 heavy (non-hydrogen) atoms. The van der Waals surface area contributed by atoms with E-state index in [1.54, 1.807) is 0 Å². The summed E-state index contributed by atoms with van der Waals surface area (Å²) < 4.78 is 2.61. The second-order valence-electron chi connectivity index (χ2n) is 7.31. The molecule has 0 saturated carbocycles. The van der Waals surface area contributed by atoms with Crippen LogP contribution in [0.1, 0.15) is 11.1 Å². The van der Waals surface area contributed by atoms with Crippen molar-refractivity contribution < 1.29 is 0 Å². The van der Waals surface area contributed by atoms with Crippen molar-refractivity contribution in [2.45, 2.75) is 0 Å². The number of benzene rings is 4. The molecule has 1 aliphatic heterocycles. The van der Waals surface area contributed by atoms with Gasteiger partial charge in [0.05, 0.1) is 22.8 Å². The molecular formula is C26H18N2S. The van der Waals surface area contributed by atoms with Crippen molar-refractivity contribution in [3.05, 3.63) is 102 Å². The lowest BCUT2D eigenvalue weighted by Gasteiger charge is -2.21. The number of thiophene rings is 1. The highest BCUT2D eigenvalue weighted by molar-refractivity contribution is 7.26. The van der Waals surface area contributed by atoms with E-state index in [1.165, 1.54) is 31.4 Å². The van der Waals surface area contributed by atoms with Crippen LogP contribution in [-0.4, -0.2) is 12.8 Å². The third-order valence-corrected chi connectivity index (χ3v) is 6.88. The highest BCUT2D eigenvalue weighted by atomic mass is 32.1. The van der Waals surface area contributed by atoms with Gasteiger partial charge in [0, 0.05) is 38.3 Å². The molecule has 2 heterocycles. The molecule has 0 unspecified atom stereocenters. The van der Waals surface area contributed by atoms with Crippen molar-refractivity contribution >= 4 is 54.3 Å². The molecule has 5 aromatic rings. The normalized spacial score (nSPS) is 13.1. The van der Waals surface area contributed by atoms with Crippen LogP contribution in [0.25, 0.3) is 20.2 Å². The first kappa shape index (κ1) is 16.5. The highest BCUT2D eigenvalue weighted by Crippen LogP contribution is 2.42. The maximum Gasteiger partial charge on any atom is 0.0874 e. The Bertz CT molecular complexity index is 1430. The molecule has 0 fully saturated rings. The summed E-state index contributed by atoms with van der Waals surface area (Å²) in [6, 6.07) is 32.2. The van der Waals surface area contributed by atoms with Gasteiger partial charge in [0.2, 0.25) is 0 Å². The highest BCUT2D eigenvalue weighted by Gasteiger charge is 2.23. The van der Waals surface area contributed by atoms with E-state index in [2.05, 4.69) is 103 Å². The summed E-state index contributed by atoms with van der Waals surface area (Å²) in [6.07, 6.45) is 0. The van der Waals surface area contributed by atoms with Gasteiger partial charge in [-0.15, -0.1) is 11.3 Å². The van der Waals surface area contributed by atoms with E-state index >= 15 is 0 Å². The molecule has 0 atom stereocenters. The van der Waals surface area contributed by atoms with Gasteiger partial charge in [-0.2, -0.15) is 0 Å². The van der Waals surface area contributed by atoms with Crippen molar-refractivity contribution in [1.29, 1.82) is 0 Å². The topological polar surface area (TPSA) is 15.6 Å². The maximum absolute atomic E-state index is 5.20. The van der Waals surface area contributed by atoms with Gasteiger partial charge in [-0.3, -0.25) is 0 Å². The summed E-state index contributed by atoms with van der Waals surface area (Å²) in [5.41, 5.74) is 6.69. The van der Waals surface area contributed by atoms with E-state index in [0.717, 1.165) is 22.6 Å². The number of rotatable bonds is 1. The van der Waals surface area contributed by atoms with Crippen molar-refractivity contribution in [2.24, 2.45) is 4.99 Å². The van der Waals surface area contributed by atoms with Gasteiger partial charge in [0.15, 0.2) is 0 Å². The minimum Gasteiger partial charge on any atom is -0.342 e. The summed E-state index contributed by atoms with van der Waals surface area (Å²) in [6.45, 7) is 0. The maximum atomic E-state index is 5.20. The molecule has 0 N–H and O–H groups in total. The summed E-state index contributed by atoms with van der Waals surface area (Å²) in [5, 5.41) is 2.61. The van der Waals surface area contributed by atoms with Crippen molar-refractivity contribution in [3.63, 3.8) is 0 Å². The molecule has 0 spiro atoms. The zero-order chi connectivity index (χ0) is 19.4. The Kier molecular flexibility index (Phi) is 3.58. The second kappa shape index (κ2) is 6.29. The van der Waals surface area contributed by atoms with E-state index in [1.807, 2.05) is 11.3 Å². The molecule has 6 rings (SSSR count). The van der Waals surface area contributed by atoms with Crippen LogP contribution in [0.5, 0.6) is 0 Å². The largest absolute Gasteiger partial charge is 0.342 e. The number of anilines is 2. The number of aliphatic imine (C=N–C) groups is 1. The Balaban J connectivity index is 1.72. The molecule has 0 bridgehead atoms. The van der Waals surface area contributed by atoms with E-state index in [9.17, 15) is 0 Å². The molecule has 0 amide bonds. The van der Waals surface area contributed by atoms with Crippen LogP contribution < -0.4 is 4.90 Å². The fourth-order valence-electron chi connectivity index (χ4n) is 4.26. The van der Waals surface area contributed by atoms with E-state index in [4.69, 9.17) is 4.99 Å². The zero-order valence-electron chi connectivity index (χ0n) is 16.0. The van der Waals surface area contributed by atoms with Crippen molar-refractivity contribution in [2.75, 3.05) is 11.9 Å². The fraction of sp³-hybridized carbons (Fsp3) is 0.0385. The number of hydrogen-bond acceptors (Lipinski definition) is 3. The molecule has 1 aromatic heterocycles. The quantitative estimate of drug-likeness (QED) is 0.293. The summed E-state index contributed by atoms with van der Waals surface area (Å²) >= 11 is 1.85. The smallest absolute Gasteiger partial charge is 0.0874 e. The monoisotopic (exact) mass is 390 g/mol. The van der Waals surface area contributed by atoms with Crippen LogP contribution in [0.4, 0.5) is 17.1 Å². The van der Waals surface area contributed by atoms with Gasteiger partial charge in [-0.05, 0) is 24.3 Å². The lowest BCUT2D eigenvalue weighted by molar-refractivity contribution is 1.21. The predicted octanol–water partition coefficient (Wildman–Crippen LogP) is 7.30. The summed E-state index contributed by atoms with van der Waals surface area (Å²) in [4.78, 5) is 7.45. The SMILES string of the molecule is CN1c2ccccc2N=C(c2cccc3c2sc2ccccc23)c2ccccc21. The Morgan fingerprint density at radius 3 is 2.28 bits per heavy atom. The third-order valence-electron chi connectivity index (χ3n) is 5.66. The Hall–Kier alpha value is -3.43. The van der Waals surface area contributed by atoms with Crippen LogP contribution in [0.3, 0.4) is 0 Å². The molecule has 4 aromatic carbocycles. The predicted molar refractivity (Wildman–Crippen MR) is 126 cm³/mol. The van der Waals surface area contributed by atoms with Gasteiger partial charge in [0.25, 0.3) is 0 Å².